The average molecular weight is 396 g/mol. The molecule has 1 aromatic rings. The largest absolute Gasteiger partial charge is 0.486 e. The smallest absolute Gasteiger partial charge is 0.236 e. The lowest BCUT2D eigenvalue weighted by Gasteiger charge is -2.36. The van der Waals surface area contributed by atoms with Crippen LogP contribution in [0.15, 0.2) is 12.1 Å². The van der Waals surface area contributed by atoms with Crippen molar-refractivity contribution in [2.45, 2.75) is 6.54 Å². The summed E-state index contributed by atoms with van der Waals surface area (Å²) in [7, 11) is 0. The highest BCUT2D eigenvalue weighted by molar-refractivity contribution is 6.32. The van der Waals surface area contributed by atoms with Crippen molar-refractivity contribution in [1.29, 1.82) is 0 Å². The maximum absolute atomic E-state index is 12.5. The fourth-order valence-electron chi connectivity index (χ4n) is 3.72. The Morgan fingerprint density at radius 3 is 2.44 bits per heavy atom. The molecule has 2 fully saturated rings. The Bertz CT molecular complexity index is 673. The minimum absolute atomic E-state index is 0.221. The summed E-state index contributed by atoms with van der Waals surface area (Å²) >= 11 is 6.33. The minimum atomic E-state index is 0.221. The molecule has 3 aliphatic rings. The molecule has 148 valence electrons. The van der Waals surface area contributed by atoms with Crippen LogP contribution in [-0.2, 0) is 16.1 Å². The summed E-state index contributed by atoms with van der Waals surface area (Å²) in [4.78, 5) is 19.0. The third kappa shape index (κ3) is 4.66. The highest BCUT2D eigenvalue weighted by Crippen LogP contribution is 2.38. The molecule has 0 N–H and O–H groups in total. The number of piperazine rings is 1. The van der Waals surface area contributed by atoms with E-state index >= 15 is 0 Å². The SMILES string of the molecule is O=C(CN1CCOCC1)N1CCN(Cc2cc(Cl)c3c(c2)OCCO3)CC1. The number of benzene rings is 1. The van der Waals surface area contributed by atoms with Crippen molar-refractivity contribution in [3.05, 3.63) is 22.7 Å². The van der Waals surface area contributed by atoms with Crippen LogP contribution in [0.2, 0.25) is 5.02 Å². The Hall–Kier alpha value is -1.54. The van der Waals surface area contributed by atoms with Crippen LogP contribution < -0.4 is 9.47 Å². The van der Waals surface area contributed by atoms with Gasteiger partial charge in [-0.2, -0.15) is 0 Å². The van der Waals surface area contributed by atoms with Crippen LogP contribution in [-0.4, -0.2) is 92.8 Å². The van der Waals surface area contributed by atoms with Crippen molar-refractivity contribution in [3.63, 3.8) is 0 Å². The fourth-order valence-corrected chi connectivity index (χ4v) is 4.01. The molecule has 0 saturated carbocycles. The van der Waals surface area contributed by atoms with E-state index in [2.05, 4.69) is 9.80 Å². The first kappa shape index (κ1) is 18.8. The molecule has 8 heteroatoms. The van der Waals surface area contributed by atoms with Gasteiger partial charge in [-0.3, -0.25) is 14.6 Å². The minimum Gasteiger partial charge on any atom is -0.486 e. The van der Waals surface area contributed by atoms with E-state index in [1.54, 1.807) is 0 Å². The Labute approximate surface area is 164 Å². The predicted molar refractivity (Wildman–Crippen MR) is 102 cm³/mol. The molecule has 0 aromatic heterocycles. The van der Waals surface area contributed by atoms with E-state index in [1.165, 1.54) is 0 Å². The first-order valence-corrected chi connectivity index (χ1v) is 9.95. The topological polar surface area (TPSA) is 54.5 Å². The van der Waals surface area contributed by atoms with Gasteiger partial charge in [0.1, 0.15) is 13.2 Å². The van der Waals surface area contributed by atoms with Gasteiger partial charge in [-0.15, -0.1) is 0 Å². The average Bonchev–Trinajstić information content (AvgIpc) is 2.69. The standard InChI is InChI=1S/C19H26ClN3O4/c20-16-11-15(12-17-19(16)27-10-9-26-17)13-21-1-3-23(4-2-21)18(24)14-22-5-7-25-8-6-22/h11-12H,1-10,13-14H2. The van der Waals surface area contributed by atoms with Crippen LogP contribution in [0.3, 0.4) is 0 Å². The van der Waals surface area contributed by atoms with Gasteiger partial charge in [0, 0.05) is 45.8 Å². The van der Waals surface area contributed by atoms with E-state index in [0.29, 0.717) is 30.5 Å². The monoisotopic (exact) mass is 395 g/mol. The van der Waals surface area contributed by atoms with Crippen molar-refractivity contribution in [2.75, 3.05) is 72.2 Å². The van der Waals surface area contributed by atoms with Gasteiger partial charge in [-0.05, 0) is 17.7 Å². The van der Waals surface area contributed by atoms with Crippen molar-refractivity contribution < 1.29 is 19.0 Å². The van der Waals surface area contributed by atoms with E-state index in [1.807, 2.05) is 17.0 Å². The van der Waals surface area contributed by atoms with Crippen molar-refractivity contribution in [1.82, 2.24) is 14.7 Å². The molecule has 1 aromatic carbocycles. The zero-order valence-electron chi connectivity index (χ0n) is 15.5. The summed E-state index contributed by atoms with van der Waals surface area (Å²) in [5.74, 6) is 1.59. The van der Waals surface area contributed by atoms with Gasteiger partial charge in [0.05, 0.1) is 24.8 Å². The Balaban J connectivity index is 1.28. The van der Waals surface area contributed by atoms with E-state index in [-0.39, 0.29) is 5.91 Å². The predicted octanol–water partition coefficient (Wildman–Crippen LogP) is 1.09. The maximum atomic E-state index is 12.5. The zero-order chi connectivity index (χ0) is 18.6. The highest BCUT2D eigenvalue weighted by Gasteiger charge is 2.24. The second kappa shape index (κ2) is 8.65. The molecular weight excluding hydrogens is 370 g/mol. The van der Waals surface area contributed by atoms with Gasteiger partial charge >= 0.3 is 0 Å². The number of fused-ring (bicyclic) bond motifs is 1. The number of amides is 1. The lowest BCUT2D eigenvalue weighted by molar-refractivity contribution is -0.135. The number of halogens is 1. The number of nitrogens with zero attached hydrogens (tertiary/aromatic N) is 3. The number of hydrogen-bond donors (Lipinski definition) is 0. The summed E-state index contributed by atoms with van der Waals surface area (Å²) in [6.45, 7) is 8.77. The summed E-state index contributed by atoms with van der Waals surface area (Å²) in [5.41, 5.74) is 1.11. The first-order chi connectivity index (χ1) is 13.2. The molecule has 0 radical (unpaired) electrons. The molecule has 0 atom stereocenters. The van der Waals surface area contributed by atoms with Crippen LogP contribution in [0.4, 0.5) is 0 Å². The number of ether oxygens (including phenoxy) is 3. The van der Waals surface area contributed by atoms with Gasteiger partial charge in [0.25, 0.3) is 0 Å². The van der Waals surface area contributed by atoms with E-state index in [4.69, 9.17) is 25.8 Å². The van der Waals surface area contributed by atoms with Crippen LogP contribution in [0, 0.1) is 0 Å². The Morgan fingerprint density at radius 2 is 1.67 bits per heavy atom. The Morgan fingerprint density at radius 1 is 0.926 bits per heavy atom. The molecule has 7 nitrogen and oxygen atoms in total. The fraction of sp³-hybridized carbons (Fsp3) is 0.632. The van der Waals surface area contributed by atoms with Crippen LogP contribution >= 0.6 is 11.6 Å². The number of hydrogen-bond acceptors (Lipinski definition) is 6. The van der Waals surface area contributed by atoms with Crippen LogP contribution in [0.5, 0.6) is 11.5 Å². The van der Waals surface area contributed by atoms with Gasteiger partial charge in [-0.25, -0.2) is 0 Å². The van der Waals surface area contributed by atoms with Gasteiger partial charge in [0.15, 0.2) is 11.5 Å². The van der Waals surface area contributed by atoms with Crippen molar-refractivity contribution >= 4 is 17.5 Å². The number of morpholine rings is 1. The molecular formula is C19H26ClN3O4. The third-order valence-corrected chi connectivity index (χ3v) is 5.53. The molecule has 3 aliphatic heterocycles. The van der Waals surface area contributed by atoms with E-state index in [0.717, 1.165) is 70.3 Å². The molecule has 3 heterocycles. The van der Waals surface area contributed by atoms with Crippen molar-refractivity contribution in [3.8, 4) is 11.5 Å². The normalized spacial score (nSPS) is 21.3. The van der Waals surface area contributed by atoms with E-state index < -0.39 is 0 Å². The van der Waals surface area contributed by atoms with Gasteiger partial charge in [-0.1, -0.05) is 11.6 Å². The van der Waals surface area contributed by atoms with Crippen LogP contribution in [0.25, 0.3) is 0 Å². The van der Waals surface area contributed by atoms with Crippen molar-refractivity contribution in [2.24, 2.45) is 0 Å². The number of rotatable bonds is 4. The Kier molecular flexibility index (Phi) is 6.02. The summed E-state index contributed by atoms with van der Waals surface area (Å²) in [6.07, 6.45) is 0. The molecule has 0 aliphatic carbocycles. The lowest BCUT2D eigenvalue weighted by Crippen LogP contribution is -2.51. The summed E-state index contributed by atoms with van der Waals surface area (Å²) < 4.78 is 16.6. The molecule has 0 unspecified atom stereocenters. The third-order valence-electron chi connectivity index (χ3n) is 5.25. The second-order valence-corrected chi connectivity index (χ2v) is 7.55. The molecule has 2 saturated heterocycles. The summed E-state index contributed by atoms with van der Waals surface area (Å²) in [5, 5.41) is 0.599. The number of carbonyl (C=O) groups excluding carboxylic acids is 1. The molecule has 27 heavy (non-hydrogen) atoms. The van der Waals surface area contributed by atoms with E-state index in [9.17, 15) is 4.79 Å². The number of carbonyl (C=O) groups is 1. The van der Waals surface area contributed by atoms with Gasteiger partial charge < -0.3 is 19.1 Å². The molecule has 4 rings (SSSR count). The van der Waals surface area contributed by atoms with Crippen LogP contribution in [0.1, 0.15) is 5.56 Å². The summed E-state index contributed by atoms with van der Waals surface area (Å²) in [6, 6.07) is 3.96. The molecule has 0 bridgehead atoms. The molecule has 1 amide bonds. The maximum Gasteiger partial charge on any atom is 0.236 e. The second-order valence-electron chi connectivity index (χ2n) is 7.15. The molecule has 0 spiro atoms. The highest BCUT2D eigenvalue weighted by atomic mass is 35.5. The quantitative estimate of drug-likeness (QED) is 0.760. The lowest BCUT2D eigenvalue weighted by atomic mass is 10.1. The van der Waals surface area contributed by atoms with Gasteiger partial charge in [0.2, 0.25) is 5.91 Å². The first-order valence-electron chi connectivity index (χ1n) is 9.57. The zero-order valence-corrected chi connectivity index (χ0v) is 16.2.